The number of hydrogen-bond acceptors (Lipinski definition) is 5. The highest BCUT2D eigenvalue weighted by atomic mass is 35.5. The highest BCUT2D eigenvalue weighted by Gasteiger charge is 2.23. The lowest BCUT2D eigenvalue weighted by Gasteiger charge is -2.37. The molecular formula is C21H23ClN4OS. The normalized spacial score (nSPS) is 14.8. The zero-order valence-electron chi connectivity index (χ0n) is 15.8. The predicted octanol–water partition coefficient (Wildman–Crippen LogP) is 3.73. The van der Waals surface area contributed by atoms with Crippen LogP contribution in [0.5, 0.6) is 0 Å². The van der Waals surface area contributed by atoms with Crippen LogP contribution in [0, 0.1) is 0 Å². The van der Waals surface area contributed by atoms with Crippen LogP contribution >= 0.6 is 22.9 Å². The molecule has 1 aromatic heterocycles. The summed E-state index contributed by atoms with van der Waals surface area (Å²) >= 11 is 7.99. The van der Waals surface area contributed by atoms with Gasteiger partial charge in [0, 0.05) is 26.2 Å². The molecule has 28 heavy (non-hydrogen) atoms. The second kappa shape index (κ2) is 8.47. The van der Waals surface area contributed by atoms with Crippen LogP contribution in [0.15, 0.2) is 48.5 Å². The number of aromatic nitrogens is 1. The van der Waals surface area contributed by atoms with E-state index in [2.05, 4.69) is 16.0 Å². The maximum absolute atomic E-state index is 12.7. The van der Waals surface area contributed by atoms with E-state index in [4.69, 9.17) is 11.6 Å². The molecule has 0 spiro atoms. The Bertz CT molecular complexity index is 935. The van der Waals surface area contributed by atoms with Crippen LogP contribution in [0.25, 0.3) is 10.2 Å². The second-order valence-corrected chi connectivity index (χ2v) is 8.59. The average molecular weight is 415 g/mol. The summed E-state index contributed by atoms with van der Waals surface area (Å²) in [6.45, 7) is 4.14. The largest absolute Gasteiger partial charge is 0.367 e. The SMILES string of the molecule is CN(CC(=O)N1CCN(c2ccccc2Cl)CC1)Cc1nc2ccccc2s1. The number of fused-ring (bicyclic) bond motifs is 1. The summed E-state index contributed by atoms with van der Waals surface area (Å²) in [5.74, 6) is 0.169. The minimum Gasteiger partial charge on any atom is -0.367 e. The minimum absolute atomic E-state index is 0.169. The Morgan fingerprint density at radius 3 is 2.57 bits per heavy atom. The minimum atomic E-state index is 0.169. The summed E-state index contributed by atoms with van der Waals surface area (Å²) in [6, 6.07) is 16.0. The topological polar surface area (TPSA) is 39.7 Å². The fourth-order valence-electron chi connectivity index (χ4n) is 3.51. The summed E-state index contributed by atoms with van der Waals surface area (Å²) in [4.78, 5) is 23.6. The van der Waals surface area contributed by atoms with E-state index in [0.29, 0.717) is 13.1 Å². The van der Waals surface area contributed by atoms with Gasteiger partial charge >= 0.3 is 0 Å². The highest BCUT2D eigenvalue weighted by Crippen LogP contribution is 2.26. The van der Waals surface area contributed by atoms with Gasteiger partial charge in [-0.2, -0.15) is 0 Å². The molecule has 1 amide bonds. The van der Waals surface area contributed by atoms with Gasteiger partial charge in [0.25, 0.3) is 0 Å². The van der Waals surface area contributed by atoms with Crippen molar-refractivity contribution in [2.45, 2.75) is 6.54 Å². The van der Waals surface area contributed by atoms with Gasteiger partial charge in [-0.3, -0.25) is 9.69 Å². The van der Waals surface area contributed by atoms with Gasteiger partial charge in [0.2, 0.25) is 5.91 Å². The Labute approximate surface area is 174 Å². The lowest BCUT2D eigenvalue weighted by Crippen LogP contribution is -2.51. The van der Waals surface area contributed by atoms with E-state index in [1.54, 1.807) is 11.3 Å². The number of carbonyl (C=O) groups excluding carboxylic acids is 1. The zero-order valence-corrected chi connectivity index (χ0v) is 17.4. The van der Waals surface area contributed by atoms with Crippen LogP contribution in [0.4, 0.5) is 5.69 Å². The van der Waals surface area contributed by atoms with E-state index in [-0.39, 0.29) is 5.91 Å². The van der Waals surface area contributed by atoms with Crippen LogP contribution in [0.3, 0.4) is 0 Å². The highest BCUT2D eigenvalue weighted by molar-refractivity contribution is 7.18. The van der Waals surface area contributed by atoms with Crippen molar-refractivity contribution in [3.8, 4) is 0 Å². The summed E-state index contributed by atoms with van der Waals surface area (Å²) < 4.78 is 1.19. The summed E-state index contributed by atoms with van der Waals surface area (Å²) in [7, 11) is 1.98. The molecule has 7 heteroatoms. The number of para-hydroxylation sites is 2. The van der Waals surface area contributed by atoms with E-state index >= 15 is 0 Å². The molecule has 0 atom stereocenters. The van der Waals surface area contributed by atoms with Crippen molar-refractivity contribution in [2.75, 3.05) is 44.7 Å². The maximum Gasteiger partial charge on any atom is 0.236 e. The van der Waals surface area contributed by atoms with Crippen molar-refractivity contribution in [3.63, 3.8) is 0 Å². The number of piperazine rings is 1. The Morgan fingerprint density at radius 1 is 1.11 bits per heavy atom. The number of likely N-dealkylation sites (N-methyl/N-ethyl adjacent to an activating group) is 1. The molecule has 0 N–H and O–H groups in total. The Morgan fingerprint density at radius 2 is 1.82 bits per heavy atom. The van der Waals surface area contributed by atoms with Crippen LogP contribution in [-0.2, 0) is 11.3 Å². The molecule has 1 saturated heterocycles. The molecule has 4 rings (SSSR count). The second-order valence-electron chi connectivity index (χ2n) is 7.07. The summed E-state index contributed by atoms with van der Waals surface area (Å²) in [6.07, 6.45) is 0. The molecule has 1 aliphatic rings. The molecule has 0 saturated carbocycles. The Kier molecular flexibility index (Phi) is 5.80. The molecule has 1 fully saturated rings. The van der Waals surface area contributed by atoms with Gasteiger partial charge in [0.05, 0.1) is 34.0 Å². The first-order valence-corrected chi connectivity index (χ1v) is 10.6. The van der Waals surface area contributed by atoms with Gasteiger partial charge in [0.1, 0.15) is 5.01 Å². The van der Waals surface area contributed by atoms with Crippen molar-refractivity contribution in [2.24, 2.45) is 0 Å². The number of amides is 1. The smallest absolute Gasteiger partial charge is 0.236 e. The van der Waals surface area contributed by atoms with Gasteiger partial charge in [-0.05, 0) is 31.3 Å². The van der Waals surface area contributed by atoms with Gasteiger partial charge in [-0.25, -0.2) is 4.98 Å². The third kappa shape index (κ3) is 4.29. The van der Waals surface area contributed by atoms with Crippen molar-refractivity contribution >= 4 is 44.7 Å². The summed E-state index contributed by atoms with van der Waals surface area (Å²) in [5.41, 5.74) is 2.07. The fourth-order valence-corrected chi connectivity index (χ4v) is 4.81. The van der Waals surface area contributed by atoms with E-state index in [1.165, 1.54) is 4.70 Å². The third-order valence-corrected chi connectivity index (χ3v) is 6.31. The van der Waals surface area contributed by atoms with E-state index < -0.39 is 0 Å². The van der Waals surface area contributed by atoms with Gasteiger partial charge in [0.15, 0.2) is 0 Å². The molecule has 2 aromatic carbocycles. The number of rotatable bonds is 5. The number of thiazole rings is 1. The Hall–Kier alpha value is -2.15. The predicted molar refractivity (Wildman–Crippen MR) is 116 cm³/mol. The van der Waals surface area contributed by atoms with Crippen molar-refractivity contribution in [1.82, 2.24) is 14.8 Å². The van der Waals surface area contributed by atoms with Crippen molar-refractivity contribution < 1.29 is 4.79 Å². The molecular weight excluding hydrogens is 392 g/mol. The molecule has 0 unspecified atom stereocenters. The fraction of sp³-hybridized carbons (Fsp3) is 0.333. The molecule has 146 valence electrons. The van der Waals surface area contributed by atoms with Crippen molar-refractivity contribution in [3.05, 3.63) is 58.6 Å². The van der Waals surface area contributed by atoms with E-state index in [1.807, 2.05) is 59.3 Å². The molecule has 0 bridgehead atoms. The molecule has 5 nitrogen and oxygen atoms in total. The number of halogens is 1. The lowest BCUT2D eigenvalue weighted by molar-refractivity contribution is -0.132. The molecule has 1 aliphatic heterocycles. The van der Waals surface area contributed by atoms with Crippen LogP contribution in [0.2, 0.25) is 5.02 Å². The Balaban J connectivity index is 1.30. The van der Waals surface area contributed by atoms with Crippen LogP contribution < -0.4 is 4.90 Å². The quantitative estimate of drug-likeness (QED) is 0.637. The number of carbonyl (C=O) groups is 1. The van der Waals surface area contributed by atoms with Crippen LogP contribution in [-0.4, -0.2) is 60.5 Å². The number of anilines is 1. The van der Waals surface area contributed by atoms with Crippen LogP contribution in [0.1, 0.15) is 5.01 Å². The molecule has 2 heterocycles. The van der Waals surface area contributed by atoms with Gasteiger partial charge < -0.3 is 9.80 Å². The average Bonchev–Trinajstić information content (AvgIpc) is 3.10. The van der Waals surface area contributed by atoms with Gasteiger partial charge in [-0.1, -0.05) is 35.9 Å². The monoisotopic (exact) mass is 414 g/mol. The zero-order chi connectivity index (χ0) is 19.5. The summed E-state index contributed by atoms with van der Waals surface area (Å²) in [5, 5.41) is 1.80. The third-order valence-electron chi connectivity index (χ3n) is 4.97. The van der Waals surface area contributed by atoms with E-state index in [0.717, 1.165) is 47.4 Å². The van der Waals surface area contributed by atoms with E-state index in [9.17, 15) is 4.79 Å². The maximum atomic E-state index is 12.7. The number of hydrogen-bond donors (Lipinski definition) is 0. The standard InChI is InChI=1S/C21H23ClN4OS/c1-24(14-20-23-17-7-3-5-9-19(17)28-20)15-21(27)26-12-10-25(11-13-26)18-8-4-2-6-16(18)22/h2-9H,10-15H2,1H3. The van der Waals surface area contributed by atoms with Gasteiger partial charge in [-0.15, -0.1) is 11.3 Å². The first kappa shape index (κ1) is 19.2. The first-order valence-electron chi connectivity index (χ1n) is 9.40. The lowest BCUT2D eigenvalue weighted by atomic mass is 10.2. The number of nitrogens with zero attached hydrogens (tertiary/aromatic N) is 4. The molecule has 0 aliphatic carbocycles. The molecule has 3 aromatic rings. The number of benzene rings is 2. The first-order chi connectivity index (χ1) is 13.6. The van der Waals surface area contributed by atoms with Crippen molar-refractivity contribution in [1.29, 1.82) is 0 Å². The molecule has 0 radical (unpaired) electrons.